The van der Waals surface area contributed by atoms with Crippen molar-refractivity contribution >= 4 is 12.1 Å². The van der Waals surface area contributed by atoms with Gasteiger partial charge in [0.15, 0.2) is 5.43 Å². The number of carbonyl (C=O) groups excluding carboxylic acids is 2. The molecule has 1 N–H and O–H groups in total. The lowest BCUT2D eigenvalue weighted by molar-refractivity contribution is 0.0521. The van der Waals surface area contributed by atoms with E-state index in [2.05, 4.69) is 23.7 Å². The van der Waals surface area contributed by atoms with E-state index in [1.54, 1.807) is 6.07 Å². The Labute approximate surface area is 200 Å². The summed E-state index contributed by atoms with van der Waals surface area (Å²) in [6.07, 6.45) is 1.40. The summed E-state index contributed by atoms with van der Waals surface area (Å²) < 4.78 is 12.3. The molecule has 1 heterocycles. The van der Waals surface area contributed by atoms with Crippen molar-refractivity contribution in [3.8, 4) is 22.3 Å². The van der Waals surface area contributed by atoms with Crippen molar-refractivity contribution in [3.63, 3.8) is 0 Å². The highest BCUT2D eigenvalue weighted by Gasteiger charge is 2.23. The second kappa shape index (κ2) is 10.1. The number of nitrogens with one attached hydrogen (secondary N) is 1. The molecule has 1 aromatic carbocycles. The number of nitrogens with zero attached hydrogens (tertiary/aromatic N) is 1. The van der Waals surface area contributed by atoms with Crippen molar-refractivity contribution in [1.29, 1.82) is 0 Å². The monoisotopic (exact) mass is 464 g/mol. The molecule has 180 valence electrons. The van der Waals surface area contributed by atoms with Gasteiger partial charge in [0.2, 0.25) is 0 Å². The van der Waals surface area contributed by atoms with E-state index in [9.17, 15) is 14.4 Å². The fraction of sp³-hybridized carbons (Fsp3) is 0.370. The zero-order chi connectivity index (χ0) is 25.0. The SMILES string of the molecule is COC(=O)c1cc2cn(CC(C)C)c(CNC(=O)OC(C)(C)C)c(-c3ccccc3)c-2cc1=O. The normalized spacial score (nSPS) is 11.5. The van der Waals surface area contributed by atoms with Crippen LogP contribution in [0.4, 0.5) is 4.79 Å². The van der Waals surface area contributed by atoms with Gasteiger partial charge in [0, 0.05) is 24.0 Å². The Morgan fingerprint density at radius 2 is 1.74 bits per heavy atom. The molecule has 0 unspecified atom stereocenters. The van der Waals surface area contributed by atoms with E-state index >= 15 is 0 Å². The summed E-state index contributed by atoms with van der Waals surface area (Å²) in [5.41, 5.74) is 2.95. The van der Waals surface area contributed by atoms with Crippen molar-refractivity contribution in [2.45, 2.75) is 53.3 Å². The minimum atomic E-state index is -0.667. The fourth-order valence-electron chi connectivity index (χ4n) is 3.88. The Morgan fingerprint density at radius 3 is 2.32 bits per heavy atom. The molecule has 34 heavy (non-hydrogen) atoms. The number of ether oxygens (including phenoxy) is 2. The molecule has 7 heteroatoms. The molecule has 0 atom stereocenters. The van der Waals surface area contributed by atoms with Gasteiger partial charge in [-0.3, -0.25) is 4.79 Å². The first-order valence-electron chi connectivity index (χ1n) is 11.3. The first-order chi connectivity index (χ1) is 16.0. The lowest BCUT2D eigenvalue weighted by Gasteiger charge is -2.26. The van der Waals surface area contributed by atoms with E-state index in [1.807, 2.05) is 57.3 Å². The Bertz CT molecular complexity index is 1210. The number of fused-ring (bicyclic) bond motifs is 1. The number of esters is 1. The standard InChI is InChI=1S/C27H32N2O5/c1-17(2)15-29-16-19-12-21(25(31)33-6)23(30)13-20(19)24(18-10-8-7-9-11-18)22(29)14-28-26(32)34-27(3,4)5/h7-13,16-17H,14-15H2,1-6H3,(H,28,32). The van der Waals surface area contributed by atoms with Crippen LogP contribution in [-0.4, -0.2) is 29.3 Å². The predicted octanol–water partition coefficient (Wildman–Crippen LogP) is 5.09. The van der Waals surface area contributed by atoms with E-state index < -0.39 is 23.1 Å². The summed E-state index contributed by atoms with van der Waals surface area (Å²) in [7, 11) is 1.26. The summed E-state index contributed by atoms with van der Waals surface area (Å²) in [6, 6.07) is 12.7. The molecule has 0 fully saturated rings. The van der Waals surface area contributed by atoms with Crippen LogP contribution in [0.2, 0.25) is 0 Å². The van der Waals surface area contributed by atoms with Gasteiger partial charge in [0.05, 0.1) is 13.7 Å². The number of rotatable bonds is 6. The molecule has 1 aliphatic carbocycles. The summed E-state index contributed by atoms with van der Waals surface area (Å²) in [4.78, 5) is 37.4. The molecule has 0 saturated heterocycles. The van der Waals surface area contributed by atoms with Gasteiger partial charge in [-0.15, -0.1) is 0 Å². The van der Waals surface area contributed by atoms with Gasteiger partial charge in [0.1, 0.15) is 11.2 Å². The molecule has 1 amide bonds. The number of alkyl carbamates (subject to hydrolysis) is 1. The van der Waals surface area contributed by atoms with Gasteiger partial charge in [0.25, 0.3) is 0 Å². The van der Waals surface area contributed by atoms with Crippen LogP contribution in [-0.2, 0) is 22.6 Å². The van der Waals surface area contributed by atoms with Gasteiger partial charge >= 0.3 is 12.1 Å². The topological polar surface area (TPSA) is 86.6 Å². The molecule has 0 aromatic heterocycles. The minimum absolute atomic E-state index is 0.00950. The van der Waals surface area contributed by atoms with Crippen LogP contribution in [0.15, 0.2) is 53.5 Å². The highest BCUT2D eigenvalue weighted by atomic mass is 16.6. The first kappa shape index (κ1) is 25.0. The molecule has 0 radical (unpaired) electrons. The van der Waals surface area contributed by atoms with Crippen LogP contribution in [0, 0.1) is 5.92 Å². The van der Waals surface area contributed by atoms with E-state index in [-0.39, 0.29) is 12.1 Å². The van der Waals surface area contributed by atoms with Crippen molar-refractivity contribution in [1.82, 2.24) is 9.88 Å². The zero-order valence-electron chi connectivity index (χ0n) is 20.6. The van der Waals surface area contributed by atoms with Crippen LogP contribution in [0.1, 0.15) is 50.7 Å². The molecule has 1 aromatic rings. The summed E-state index contributed by atoms with van der Waals surface area (Å²) in [5.74, 6) is -0.357. The fourth-order valence-corrected chi connectivity index (χ4v) is 3.88. The maximum atomic E-state index is 12.8. The van der Waals surface area contributed by atoms with E-state index in [1.165, 1.54) is 13.2 Å². The first-order valence-corrected chi connectivity index (χ1v) is 11.3. The van der Waals surface area contributed by atoms with Gasteiger partial charge < -0.3 is 19.4 Å². The van der Waals surface area contributed by atoms with Crippen molar-refractivity contribution in [2.75, 3.05) is 7.11 Å². The van der Waals surface area contributed by atoms with E-state index in [4.69, 9.17) is 9.47 Å². The quantitative estimate of drug-likeness (QED) is 0.514. The van der Waals surface area contributed by atoms with Crippen LogP contribution in [0.5, 0.6) is 0 Å². The van der Waals surface area contributed by atoms with Crippen molar-refractivity contribution in [3.05, 3.63) is 70.1 Å². The molecule has 1 aliphatic heterocycles. The Balaban J connectivity index is 2.26. The van der Waals surface area contributed by atoms with Crippen LogP contribution < -0.4 is 10.7 Å². The van der Waals surface area contributed by atoms with Crippen LogP contribution >= 0.6 is 0 Å². The third-order valence-corrected chi connectivity index (χ3v) is 5.18. The van der Waals surface area contributed by atoms with Gasteiger partial charge in [-0.05, 0) is 55.5 Å². The Hall–Kier alpha value is -3.61. The third-order valence-electron chi connectivity index (χ3n) is 5.18. The number of aromatic nitrogens is 1. The lowest BCUT2D eigenvalue weighted by atomic mass is 9.90. The number of pyridine rings is 1. The second-order valence-electron chi connectivity index (χ2n) is 9.65. The van der Waals surface area contributed by atoms with E-state index in [0.29, 0.717) is 18.0 Å². The van der Waals surface area contributed by atoms with Gasteiger partial charge in [-0.2, -0.15) is 0 Å². The van der Waals surface area contributed by atoms with Crippen LogP contribution in [0.3, 0.4) is 0 Å². The lowest BCUT2D eigenvalue weighted by Crippen LogP contribution is -2.33. The Kier molecular flexibility index (Phi) is 7.44. The number of methoxy groups -OCH3 is 1. The van der Waals surface area contributed by atoms with Gasteiger partial charge in [-0.1, -0.05) is 44.2 Å². The summed E-state index contributed by atoms with van der Waals surface area (Å²) in [6.45, 7) is 10.5. The second-order valence-corrected chi connectivity index (χ2v) is 9.65. The zero-order valence-corrected chi connectivity index (χ0v) is 20.6. The summed E-state index contributed by atoms with van der Waals surface area (Å²) >= 11 is 0. The largest absolute Gasteiger partial charge is 0.465 e. The molecule has 3 rings (SSSR count). The minimum Gasteiger partial charge on any atom is -0.465 e. The average molecular weight is 465 g/mol. The number of carbonyl (C=O) groups is 2. The molecular weight excluding hydrogens is 432 g/mol. The molecule has 7 nitrogen and oxygen atoms in total. The van der Waals surface area contributed by atoms with Crippen molar-refractivity contribution < 1.29 is 19.1 Å². The average Bonchev–Trinajstić information content (AvgIpc) is 2.75. The molecule has 0 bridgehead atoms. The van der Waals surface area contributed by atoms with Crippen molar-refractivity contribution in [2.24, 2.45) is 5.92 Å². The number of benzene rings is 2. The number of hydrogen-bond donors (Lipinski definition) is 1. The molecular formula is C27H32N2O5. The predicted molar refractivity (Wildman–Crippen MR) is 132 cm³/mol. The Morgan fingerprint density at radius 1 is 1.06 bits per heavy atom. The molecule has 0 spiro atoms. The highest BCUT2D eigenvalue weighted by Crippen LogP contribution is 2.37. The third kappa shape index (κ3) is 5.84. The van der Waals surface area contributed by atoms with Gasteiger partial charge in [-0.25, -0.2) is 9.59 Å². The van der Waals surface area contributed by atoms with Crippen LogP contribution in [0.25, 0.3) is 22.3 Å². The maximum absolute atomic E-state index is 12.8. The summed E-state index contributed by atoms with van der Waals surface area (Å²) in [5, 5.41) is 2.86. The van der Waals surface area contributed by atoms with E-state index in [0.717, 1.165) is 22.4 Å². The smallest absolute Gasteiger partial charge is 0.407 e. The number of amides is 1. The molecule has 2 aliphatic rings. The number of hydrogen-bond acceptors (Lipinski definition) is 5. The highest BCUT2D eigenvalue weighted by molar-refractivity contribution is 5.94. The molecule has 0 saturated carbocycles. The maximum Gasteiger partial charge on any atom is 0.407 e.